The fraction of sp³-hybridized carbons (Fsp3) is 0.500. The first-order valence-corrected chi connectivity index (χ1v) is 7.44. The molecule has 0 radical (unpaired) electrons. The maximum atomic E-state index is 11.7. The van der Waals surface area contributed by atoms with Gasteiger partial charge in [-0.05, 0) is 42.9 Å². The van der Waals surface area contributed by atoms with Crippen LogP contribution < -0.4 is 10.5 Å². The minimum Gasteiger partial charge on any atom is -0.399 e. The summed E-state index contributed by atoms with van der Waals surface area (Å²) in [7, 11) is -3.14. The zero-order valence-corrected chi connectivity index (χ0v) is 10.8. The van der Waals surface area contributed by atoms with Crippen molar-refractivity contribution in [2.75, 3.05) is 11.5 Å². The zero-order valence-electron chi connectivity index (χ0n) is 9.94. The molecule has 0 spiro atoms. The van der Waals surface area contributed by atoms with Crippen LogP contribution in [-0.4, -0.2) is 14.2 Å². The SMILES string of the molecule is Cc1c(N)cccc1CNS(=O)(=O)CC1CC1. The Labute approximate surface area is 102 Å². The van der Waals surface area contributed by atoms with Gasteiger partial charge in [0.15, 0.2) is 0 Å². The van der Waals surface area contributed by atoms with Gasteiger partial charge in [0.25, 0.3) is 0 Å². The van der Waals surface area contributed by atoms with Crippen LogP contribution in [-0.2, 0) is 16.6 Å². The Bertz CT molecular complexity index is 507. The van der Waals surface area contributed by atoms with Crippen LogP contribution in [0.3, 0.4) is 0 Å². The molecule has 5 heteroatoms. The van der Waals surface area contributed by atoms with Gasteiger partial charge in [0.05, 0.1) is 5.75 Å². The number of anilines is 1. The van der Waals surface area contributed by atoms with E-state index in [4.69, 9.17) is 5.73 Å². The molecule has 0 saturated heterocycles. The second-order valence-electron chi connectivity index (χ2n) is 4.68. The summed E-state index contributed by atoms with van der Waals surface area (Å²) in [6.07, 6.45) is 2.08. The Hall–Kier alpha value is -1.07. The van der Waals surface area contributed by atoms with Crippen LogP contribution in [0.15, 0.2) is 18.2 Å². The highest BCUT2D eigenvalue weighted by atomic mass is 32.2. The van der Waals surface area contributed by atoms with Crippen LogP contribution in [0.2, 0.25) is 0 Å². The van der Waals surface area contributed by atoms with Crippen molar-refractivity contribution in [1.82, 2.24) is 4.72 Å². The van der Waals surface area contributed by atoms with Gasteiger partial charge in [-0.3, -0.25) is 0 Å². The molecule has 0 atom stereocenters. The molecule has 0 aliphatic heterocycles. The van der Waals surface area contributed by atoms with Crippen molar-refractivity contribution in [3.8, 4) is 0 Å². The Balaban J connectivity index is 1.99. The fourth-order valence-electron chi connectivity index (χ4n) is 1.74. The first-order chi connectivity index (χ1) is 7.98. The van der Waals surface area contributed by atoms with E-state index in [2.05, 4.69) is 4.72 Å². The summed E-state index contributed by atoms with van der Waals surface area (Å²) in [6.45, 7) is 2.23. The molecule has 17 heavy (non-hydrogen) atoms. The number of nitrogens with one attached hydrogen (secondary N) is 1. The molecule has 0 aromatic heterocycles. The first kappa shape index (κ1) is 12.4. The molecule has 1 aromatic rings. The van der Waals surface area contributed by atoms with Gasteiger partial charge in [-0.2, -0.15) is 0 Å². The number of hydrogen-bond donors (Lipinski definition) is 2. The summed E-state index contributed by atoms with van der Waals surface area (Å²) in [5, 5.41) is 0. The van der Waals surface area contributed by atoms with Crippen molar-refractivity contribution >= 4 is 15.7 Å². The lowest BCUT2D eigenvalue weighted by Crippen LogP contribution is -2.27. The zero-order chi connectivity index (χ0) is 12.5. The van der Waals surface area contributed by atoms with E-state index in [9.17, 15) is 8.42 Å². The van der Waals surface area contributed by atoms with Crippen LogP contribution in [0.5, 0.6) is 0 Å². The second kappa shape index (κ2) is 4.66. The Kier molecular flexibility index (Phi) is 3.40. The molecule has 1 saturated carbocycles. The van der Waals surface area contributed by atoms with E-state index in [1.54, 1.807) is 0 Å². The Morgan fingerprint density at radius 3 is 2.76 bits per heavy atom. The third-order valence-corrected chi connectivity index (χ3v) is 4.62. The summed E-state index contributed by atoms with van der Waals surface area (Å²) in [6, 6.07) is 5.55. The smallest absolute Gasteiger partial charge is 0.212 e. The third-order valence-electron chi connectivity index (χ3n) is 3.12. The van der Waals surface area contributed by atoms with E-state index < -0.39 is 10.0 Å². The molecule has 1 aromatic carbocycles. The molecule has 94 valence electrons. The lowest BCUT2D eigenvalue weighted by atomic mass is 10.1. The molecule has 0 amide bonds. The number of benzene rings is 1. The topological polar surface area (TPSA) is 72.2 Å². The van der Waals surface area contributed by atoms with E-state index in [-0.39, 0.29) is 5.75 Å². The molecule has 0 bridgehead atoms. The number of sulfonamides is 1. The largest absolute Gasteiger partial charge is 0.399 e. The summed E-state index contributed by atoms with van der Waals surface area (Å²) in [5.41, 5.74) is 8.35. The van der Waals surface area contributed by atoms with Crippen molar-refractivity contribution in [3.05, 3.63) is 29.3 Å². The third kappa shape index (κ3) is 3.44. The second-order valence-corrected chi connectivity index (χ2v) is 6.53. The van der Waals surface area contributed by atoms with E-state index in [0.29, 0.717) is 18.2 Å². The quantitative estimate of drug-likeness (QED) is 0.780. The number of hydrogen-bond acceptors (Lipinski definition) is 3. The van der Waals surface area contributed by atoms with E-state index in [1.807, 2.05) is 25.1 Å². The predicted molar refractivity (Wildman–Crippen MR) is 68.9 cm³/mol. The molecular formula is C12H18N2O2S. The van der Waals surface area contributed by atoms with Crippen molar-refractivity contribution < 1.29 is 8.42 Å². The number of nitrogens with two attached hydrogens (primary N) is 1. The summed E-state index contributed by atoms with van der Waals surface area (Å²) in [4.78, 5) is 0. The van der Waals surface area contributed by atoms with Crippen molar-refractivity contribution in [1.29, 1.82) is 0 Å². The summed E-state index contributed by atoms with van der Waals surface area (Å²) in [5.74, 6) is 0.628. The van der Waals surface area contributed by atoms with E-state index in [1.165, 1.54) is 0 Å². The predicted octanol–water partition coefficient (Wildman–Crippen LogP) is 1.41. The molecule has 1 aliphatic rings. The monoisotopic (exact) mass is 254 g/mol. The number of rotatable bonds is 5. The lowest BCUT2D eigenvalue weighted by molar-refractivity contribution is 0.577. The Morgan fingerprint density at radius 2 is 2.12 bits per heavy atom. The van der Waals surface area contributed by atoms with Gasteiger partial charge in [0.1, 0.15) is 0 Å². The van der Waals surface area contributed by atoms with Gasteiger partial charge >= 0.3 is 0 Å². The highest BCUT2D eigenvalue weighted by Gasteiger charge is 2.27. The van der Waals surface area contributed by atoms with Crippen molar-refractivity contribution in [2.24, 2.45) is 5.92 Å². The van der Waals surface area contributed by atoms with Crippen molar-refractivity contribution in [3.63, 3.8) is 0 Å². The molecule has 2 rings (SSSR count). The highest BCUT2D eigenvalue weighted by molar-refractivity contribution is 7.89. The highest BCUT2D eigenvalue weighted by Crippen LogP contribution is 2.30. The minimum atomic E-state index is -3.14. The fourth-order valence-corrected chi connectivity index (χ4v) is 3.18. The van der Waals surface area contributed by atoms with Crippen LogP contribution >= 0.6 is 0 Å². The van der Waals surface area contributed by atoms with E-state index >= 15 is 0 Å². The normalized spacial score (nSPS) is 16.1. The van der Waals surface area contributed by atoms with E-state index in [0.717, 1.165) is 24.0 Å². The molecule has 0 unspecified atom stereocenters. The standard InChI is InChI=1S/C12H18N2O2S/c1-9-11(3-2-4-12(9)13)7-14-17(15,16)8-10-5-6-10/h2-4,10,14H,5-8,13H2,1H3. The molecule has 4 nitrogen and oxygen atoms in total. The first-order valence-electron chi connectivity index (χ1n) is 5.79. The maximum Gasteiger partial charge on any atom is 0.212 e. The molecule has 3 N–H and O–H groups in total. The number of nitrogen functional groups attached to an aromatic ring is 1. The summed E-state index contributed by atoms with van der Waals surface area (Å²) < 4.78 is 26.0. The molecule has 0 heterocycles. The Morgan fingerprint density at radius 1 is 1.41 bits per heavy atom. The average molecular weight is 254 g/mol. The van der Waals surface area contributed by atoms with Crippen LogP contribution in [0.1, 0.15) is 24.0 Å². The summed E-state index contributed by atoms with van der Waals surface area (Å²) >= 11 is 0. The minimum absolute atomic E-state index is 0.258. The van der Waals surface area contributed by atoms with Gasteiger partial charge in [0.2, 0.25) is 10.0 Å². The van der Waals surface area contributed by atoms with Crippen LogP contribution in [0.4, 0.5) is 5.69 Å². The average Bonchev–Trinajstić information content (AvgIpc) is 3.03. The molecular weight excluding hydrogens is 236 g/mol. The van der Waals surface area contributed by atoms with Gasteiger partial charge in [-0.1, -0.05) is 12.1 Å². The van der Waals surface area contributed by atoms with Crippen molar-refractivity contribution in [2.45, 2.75) is 26.3 Å². The molecule has 1 fully saturated rings. The van der Waals surface area contributed by atoms with Gasteiger partial charge in [-0.25, -0.2) is 13.1 Å². The maximum absolute atomic E-state index is 11.7. The van der Waals surface area contributed by atoms with Gasteiger partial charge in [-0.15, -0.1) is 0 Å². The molecule has 1 aliphatic carbocycles. The van der Waals surface area contributed by atoms with Crippen LogP contribution in [0, 0.1) is 12.8 Å². The van der Waals surface area contributed by atoms with Crippen LogP contribution in [0.25, 0.3) is 0 Å². The lowest BCUT2D eigenvalue weighted by Gasteiger charge is -2.10. The van der Waals surface area contributed by atoms with Gasteiger partial charge < -0.3 is 5.73 Å². The van der Waals surface area contributed by atoms with Gasteiger partial charge in [0, 0.05) is 12.2 Å².